The Morgan fingerprint density at radius 3 is 2.69 bits per heavy atom. The summed E-state index contributed by atoms with van der Waals surface area (Å²) in [6.07, 6.45) is 3.05. The van der Waals surface area contributed by atoms with Crippen molar-refractivity contribution in [1.29, 1.82) is 0 Å². The van der Waals surface area contributed by atoms with Crippen molar-refractivity contribution in [3.63, 3.8) is 0 Å². The minimum Gasteiger partial charge on any atom is -0.493 e. The molecule has 3 heterocycles. The summed E-state index contributed by atoms with van der Waals surface area (Å²) in [4.78, 5) is 36.2. The number of nitrogens with zero attached hydrogens (tertiary/aromatic N) is 4. The van der Waals surface area contributed by atoms with E-state index in [9.17, 15) is 9.59 Å². The molecule has 0 saturated carbocycles. The lowest BCUT2D eigenvalue weighted by Crippen LogP contribution is -2.13. The maximum atomic E-state index is 12.9. The van der Waals surface area contributed by atoms with E-state index in [1.165, 1.54) is 6.20 Å². The summed E-state index contributed by atoms with van der Waals surface area (Å²) in [5.41, 5.74) is 9.25. The van der Waals surface area contributed by atoms with Crippen LogP contribution in [-0.2, 0) is 13.5 Å². The zero-order valence-corrected chi connectivity index (χ0v) is 18.2. The van der Waals surface area contributed by atoms with Crippen molar-refractivity contribution in [2.45, 2.75) is 26.7 Å². The molecule has 9 heteroatoms. The number of H-pyrrole nitrogens is 1. The summed E-state index contributed by atoms with van der Waals surface area (Å²) in [5.74, 6) is 0.450. The van der Waals surface area contributed by atoms with Crippen molar-refractivity contribution in [1.82, 2.24) is 24.7 Å². The maximum absolute atomic E-state index is 12.9. The fourth-order valence-corrected chi connectivity index (χ4v) is 3.65. The number of nitrogens with one attached hydrogen (secondary N) is 1. The summed E-state index contributed by atoms with van der Waals surface area (Å²) >= 11 is 0. The predicted octanol–water partition coefficient (Wildman–Crippen LogP) is 2.84. The highest BCUT2D eigenvalue weighted by atomic mass is 16.5. The van der Waals surface area contributed by atoms with Crippen molar-refractivity contribution >= 4 is 16.9 Å². The maximum Gasteiger partial charge on any atom is 0.277 e. The summed E-state index contributed by atoms with van der Waals surface area (Å²) in [7, 11) is 1.74. The number of aryl methyl sites for hydroxylation is 2. The van der Waals surface area contributed by atoms with Crippen LogP contribution in [0.3, 0.4) is 0 Å². The SMILES string of the molecule is CCCc1nn(C)c2c(=O)[nH]c(-c3cc(-c4ccc(C(N)=O)cn4)ccc3OCC)nc12. The monoisotopic (exact) mass is 432 g/mol. The van der Waals surface area contributed by atoms with Gasteiger partial charge in [-0.15, -0.1) is 0 Å². The molecule has 0 saturated heterocycles. The highest BCUT2D eigenvalue weighted by molar-refractivity contribution is 5.92. The largest absolute Gasteiger partial charge is 0.493 e. The summed E-state index contributed by atoms with van der Waals surface area (Å²) in [6.45, 7) is 4.40. The van der Waals surface area contributed by atoms with Gasteiger partial charge in [0.1, 0.15) is 17.1 Å². The van der Waals surface area contributed by atoms with E-state index in [4.69, 9.17) is 15.5 Å². The molecule has 4 aromatic rings. The first-order valence-electron chi connectivity index (χ1n) is 10.4. The van der Waals surface area contributed by atoms with E-state index < -0.39 is 5.91 Å². The van der Waals surface area contributed by atoms with Gasteiger partial charge in [-0.1, -0.05) is 13.3 Å². The minimum atomic E-state index is -0.536. The number of carbonyl (C=O) groups is 1. The fraction of sp³-hybridized carbons (Fsp3) is 0.261. The Balaban J connectivity index is 1.88. The molecule has 0 atom stereocenters. The molecule has 32 heavy (non-hydrogen) atoms. The number of carbonyl (C=O) groups excluding carboxylic acids is 1. The van der Waals surface area contributed by atoms with E-state index in [0.717, 1.165) is 24.1 Å². The van der Waals surface area contributed by atoms with E-state index in [2.05, 4.69) is 22.0 Å². The highest BCUT2D eigenvalue weighted by Gasteiger charge is 2.18. The van der Waals surface area contributed by atoms with Crippen molar-refractivity contribution in [3.8, 4) is 28.4 Å². The number of hydrogen-bond donors (Lipinski definition) is 2. The van der Waals surface area contributed by atoms with Gasteiger partial charge in [0.05, 0.1) is 29.1 Å². The van der Waals surface area contributed by atoms with E-state index in [0.29, 0.717) is 46.0 Å². The van der Waals surface area contributed by atoms with Crippen LogP contribution in [0.15, 0.2) is 41.3 Å². The third-order valence-electron chi connectivity index (χ3n) is 5.13. The second-order valence-corrected chi connectivity index (χ2v) is 7.37. The lowest BCUT2D eigenvalue weighted by molar-refractivity contribution is 0.1000. The molecule has 9 nitrogen and oxygen atoms in total. The molecule has 0 spiro atoms. The first kappa shape index (κ1) is 21.2. The fourth-order valence-electron chi connectivity index (χ4n) is 3.65. The number of aromatic nitrogens is 5. The second-order valence-electron chi connectivity index (χ2n) is 7.37. The number of primary amides is 1. The number of nitrogens with two attached hydrogens (primary N) is 1. The molecule has 0 aliphatic heterocycles. The number of rotatable bonds is 7. The van der Waals surface area contributed by atoms with Crippen LogP contribution >= 0.6 is 0 Å². The first-order chi connectivity index (χ1) is 15.4. The number of aromatic amines is 1. The Bertz CT molecular complexity index is 1350. The van der Waals surface area contributed by atoms with Gasteiger partial charge in [-0.3, -0.25) is 19.3 Å². The number of hydrogen-bond acceptors (Lipinski definition) is 6. The third-order valence-corrected chi connectivity index (χ3v) is 5.13. The van der Waals surface area contributed by atoms with Crippen molar-refractivity contribution in [3.05, 3.63) is 58.1 Å². The Labute approximate surface area is 184 Å². The zero-order chi connectivity index (χ0) is 22.8. The van der Waals surface area contributed by atoms with Crippen LogP contribution in [0, 0.1) is 0 Å². The quantitative estimate of drug-likeness (QED) is 0.462. The number of amides is 1. The van der Waals surface area contributed by atoms with Gasteiger partial charge in [0.25, 0.3) is 5.56 Å². The zero-order valence-electron chi connectivity index (χ0n) is 18.2. The lowest BCUT2D eigenvalue weighted by Gasteiger charge is -2.12. The van der Waals surface area contributed by atoms with Gasteiger partial charge < -0.3 is 15.5 Å². The first-order valence-corrected chi connectivity index (χ1v) is 10.4. The Morgan fingerprint density at radius 1 is 1.22 bits per heavy atom. The van der Waals surface area contributed by atoms with Gasteiger partial charge in [0, 0.05) is 18.8 Å². The van der Waals surface area contributed by atoms with Gasteiger partial charge >= 0.3 is 0 Å². The summed E-state index contributed by atoms with van der Waals surface area (Å²) in [5, 5.41) is 4.48. The second kappa shape index (κ2) is 8.62. The van der Waals surface area contributed by atoms with E-state index >= 15 is 0 Å². The molecule has 0 aliphatic rings. The Morgan fingerprint density at radius 2 is 2.03 bits per heavy atom. The number of pyridine rings is 1. The van der Waals surface area contributed by atoms with Crippen LogP contribution in [0.2, 0.25) is 0 Å². The minimum absolute atomic E-state index is 0.265. The van der Waals surface area contributed by atoms with Gasteiger partial charge in [-0.2, -0.15) is 5.10 Å². The smallest absolute Gasteiger partial charge is 0.277 e. The molecule has 0 aliphatic carbocycles. The van der Waals surface area contributed by atoms with Gasteiger partial charge in [0.15, 0.2) is 5.52 Å². The third kappa shape index (κ3) is 3.84. The van der Waals surface area contributed by atoms with Crippen LogP contribution < -0.4 is 16.0 Å². The molecule has 164 valence electrons. The lowest BCUT2D eigenvalue weighted by atomic mass is 10.0. The molecule has 0 unspecified atom stereocenters. The number of ether oxygens (including phenoxy) is 1. The molecule has 0 radical (unpaired) electrons. The van der Waals surface area contributed by atoms with Crippen LogP contribution in [0.1, 0.15) is 36.3 Å². The van der Waals surface area contributed by atoms with Crippen molar-refractivity contribution in [2.24, 2.45) is 12.8 Å². The summed E-state index contributed by atoms with van der Waals surface area (Å²) in [6, 6.07) is 8.89. The molecule has 0 bridgehead atoms. The van der Waals surface area contributed by atoms with Crippen LogP contribution in [0.25, 0.3) is 33.7 Å². The average molecular weight is 432 g/mol. The molecule has 0 fully saturated rings. The summed E-state index contributed by atoms with van der Waals surface area (Å²) < 4.78 is 7.37. The van der Waals surface area contributed by atoms with E-state index in [-0.39, 0.29) is 5.56 Å². The molecule has 1 amide bonds. The normalized spacial score (nSPS) is 11.1. The van der Waals surface area contributed by atoms with Gasteiger partial charge in [-0.05, 0) is 43.7 Å². The van der Waals surface area contributed by atoms with Gasteiger partial charge in [-0.25, -0.2) is 4.98 Å². The van der Waals surface area contributed by atoms with E-state index in [1.807, 2.05) is 25.1 Å². The van der Waals surface area contributed by atoms with Crippen molar-refractivity contribution in [2.75, 3.05) is 6.61 Å². The van der Waals surface area contributed by atoms with Crippen LogP contribution in [0.5, 0.6) is 5.75 Å². The Hall–Kier alpha value is -4.01. The molecular formula is C23H24N6O3. The predicted molar refractivity (Wildman–Crippen MR) is 121 cm³/mol. The molecular weight excluding hydrogens is 408 g/mol. The molecule has 3 aromatic heterocycles. The van der Waals surface area contributed by atoms with Crippen LogP contribution in [-0.4, -0.2) is 37.2 Å². The number of fused-ring (bicyclic) bond motifs is 1. The average Bonchev–Trinajstić information content (AvgIpc) is 3.10. The molecule has 4 rings (SSSR count). The molecule has 1 aromatic carbocycles. The molecule has 3 N–H and O–H groups in total. The Kier molecular flexibility index (Phi) is 5.72. The van der Waals surface area contributed by atoms with E-state index in [1.54, 1.807) is 23.9 Å². The van der Waals surface area contributed by atoms with Crippen molar-refractivity contribution < 1.29 is 9.53 Å². The topological polar surface area (TPSA) is 129 Å². The van der Waals surface area contributed by atoms with Crippen LogP contribution in [0.4, 0.5) is 0 Å². The number of benzene rings is 1. The standard InChI is InChI=1S/C23H24N6O3/c1-4-6-17-19-20(29(3)28-17)23(31)27-22(26-19)15-11-13(8-10-18(15)32-5-2)16-9-7-14(12-25-16)21(24)30/h7-12H,4-6H2,1-3H3,(H2,24,30)(H,26,27,31). The highest BCUT2D eigenvalue weighted by Crippen LogP contribution is 2.32. The van der Waals surface area contributed by atoms with Gasteiger partial charge in [0.2, 0.25) is 5.91 Å².